The van der Waals surface area contributed by atoms with E-state index in [-0.39, 0.29) is 17.2 Å². The van der Waals surface area contributed by atoms with Crippen LogP contribution in [0, 0.1) is 23.4 Å². The Morgan fingerprint density at radius 3 is 2.22 bits per heavy atom. The van der Waals surface area contributed by atoms with E-state index in [2.05, 4.69) is 9.72 Å². The standard InChI is InChI=1S/C26H23F4NO5/c1-26(2,3)36-25(33)19(20(28)16-11-12-18(34-4)22(30)21(16)29)23(32)17-6-5-13-31-24(17)35-15-9-7-14(27)8-10-15/h5-13,19-20H,1-4H3. The van der Waals surface area contributed by atoms with Gasteiger partial charge in [0.25, 0.3) is 0 Å². The van der Waals surface area contributed by atoms with Gasteiger partial charge in [0, 0.05) is 11.8 Å². The average Bonchev–Trinajstić information content (AvgIpc) is 2.81. The highest BCUT2D eigenvalue weighted by molar-refractivity contribution is 6.10. The number of hydrogen-bond acceptors (Lipinski definition) is 6. The minimum absolute atomic E-state index is 0.109. The predicted octanol–water partition coefficient (Wildman–Crippen LogP) is 6.15. The number of hydrogen-bond donors (Lipinski definition) is 0. The van der Waals surface area contributed by atoms with Crippen LogP contribution < -0.4 is 9.47 Å². The van der Waals surface area contributed by atoms with Crippen LogP contribution in [-0.4, -0.2) is 29.4 Å². The van der Waals surface area contributed by atoms with E-state index in [1.807, 2.05) is 0 Å². The van der Waals surface area contributed by atoms with Crippen molar-refractivity contribution in [2.75, 3.05) is 7.11 Å². The van der Waals surface area contributed by atoms with Crippen LogP contribution in [-0.2, 0) is 9.53 Å². The summed E-state index contributed by atoms with van der Waals surface area (Å²) >= 11 is 0. The third-order valence-corrected chi connectivity index (χ3v) is 4.89. The second kappa shape index (κ2) is 10.8. The maximum atomic E-state index is 15.8. The number of ether oxygens (including phenoxy) is 3. The number of halogens is 4. The zero-order valence-electron chi connectivity index (χ0n) is 19.9. The van der Waals surface area contributed by atoms with Crippen molar-refractivity contribution in [3.05, 3.63) is 83.3 Å². The fourth-order valence-corrected chi connectivity index (χ4v) is 3.26. The van der Waals surface area contributed by atoms with Crippen molar-refractivity contribution in [1.82, 2.24) is 4.98 Å². The van der Waals surface area contributed by atoms with E-state index in [4.69, 9.17) is 9.47 Å². The highest BCUT2D eigenvalue weighted by atomic mass is 19.2. The fraction of sp³-hybridized carbons (Fsp3) is 0.269. The Morgan fingerprint density at radius 2 is 1.61 bits per heavy atom. The molecule has 0 saturated heterocycles. The number of esters is 1. The van der Waals surface area contributed by atoms with E-state index < -0.39 is 58.2 Å². The van der Waals surface area contributed by atoms with Crippen LogP contribution in [0.25, 0.3) is 0 Å². The number of pyridine rings is 1. The van der Waals surface area contributed by atoms with Gasteiger partial charge in [0.05, 0.1) is 12.7 Å². The smallest absolute Gasteiger partial charge is 0.320 e. The molecule has 0 aliphatic rings. The number of methoxy groups -OCH3 is 1. The average molecular weight is 505 g/mol. The molecule has 0 amide bonds. The van der Waals surface area contributed by atoms with E-state index in [0.717, 1.165) is 31.4 Å². The molecule has 0 spiro atoms. The molecule has 3 aromatic rings. The summed E-state index contributed by atoms with van der Waals surface area (Å²) in [6.07, 6.45) is -1.35. The topological polar surface area (TPSA) is 74.7 Å². The molecular formula is C26H23F4NO5. The number of ketones is 1. The summed E-state index contributed by atoms with van der Waals surface area (Å²) in [5.41, 5.74) is -2.32. The second-order valence-electron chi connectivity index (χ2n) is 8.67. The number of nitrogens with zero attached hydrogens (tertiary/aromatic N) is 1. The molecule has 3 rings (SSSR count). The molecular weight excluding hydrogens is 482 g/mol. The molecule has 2 aromatic carbocycles. The van der Waals surface area contributed by atoms with Crippen molar-refractivity contribution in [2.24, 2.45) is 5.92 Å². The van der Waals surface area contributed by atoms with Crippen molar-refractivity contribution < 1.29 is 41.4 Å². The lowest BCUT2D eigenvalue weighted by molar-refractivity contribution is -0.160. The number of benzene rings is 2. The normalized spacial score (nSPS) is 13.0. The van der Waals surface area contributed by atoms with Gasteiger partial charge in [0.2, 0.25) is 11.7 Å². The van der Waals surface area contributed by atoms with Gasteiger partial charge in [-0.2, -0.15) is 4.39 Å². The summed E-state index contributed by atoms with van der Waals surface area (Å²) in [5, 5.41) is 0. The highest BCUT2D eigenvalue weighted by Gasteiger charge is 2.42. The first-order chi connectivity index (χ1) is 16.9. The van der Waals surface area contributed by atoms with Gasteiger partial charge in [-0.3, -0.25) is 9.59 Å². The first kappa shape index (κ1) is 26.7. The van der Waals surface area contributed by atoms with Gasteiger partial charge in [-0.05, 0) is 69.3 Å². The molecule has 0 N–H and O–H groups in total. The van der Waals surface area contributed by atoms with Gasteiger partial charge >= 0.3 is 5.97 Å². The van der Waals surface area contributed by atoms with E-state index in [1.54, 1.807) is 0 Å². The lowest BCUT2D eigenvalue weighted by Gasteiger charge is -2.26. The van der Waals surface area contributed by atoms with Gasteiger partial charge < -0.3 is 14.2 Å². The second-order valence-corrected chi connectivity index (χ2v) is 8.67. The molecule has 2 unspecified atom stereocenters. The van der Waals surface area contributed by atoms with Crippen LogP contribution in [0.3, 0.4) is 0 Å². The summed E-state index contributed by atoms with van der Waals surface area (Å²) < 4.78 is 73.5. The molecule has 0 aliphatic heterocycles. The number of rotatable bonds is 8. The van der Waals surface area contributed by atoms with Crippen molar-refractivity contribution in [2.45, 2.75) is 32.5 Å². The Hall–Kier alpha value is -3.95. The van der Waals surface area contributed by atoms with Crippen molar-refractivity contribution in [3.63, 3.8) is 0 Å². The number of alkyl halides is 1. The zero-order valence-corrected chi connectivity index (χ0v) is 19.9. The largest absolute Gasteiger partial charge is 0.494 e. The maximum Gasteiger partial charge on any atom is 0.320 e. The minimum Gasteiger partial charge on any atom is -0.494 e. The van der Waals surface area contributed by atoms with Gasteiger partial charge in [-0.15, -0.1) is 0 Å². The molecule has 0 radical (unpaired) electrons. The van der Waals surface area contributed by atoms with Crippen LogP contribution in [0.15, 0.2) is 54.7 Å². The maximum absolute atomic E-state index is 15.8. The van der Waals surface area contributed by atoms with Crippen LogP contribution in [0.5, 0.6) is 17.4 Å². The molecule has 190 valence electrons. The molecule has 1 aromatic heterocycles. The molecule has 0 fully saturated rings. The Bertz CT molecular complexity index is 1260. The van der Waals surface area contributed by atoms with Crippen molar-refractivity contribution in [1.29, 1.82) is 0 Å². The zero-order chi connectivity index (χ0) is 26.6. The van der Waals surface area contributed by atoms with Gasteiger partial charge in [-0.25, -0.2) is 18.2 Å². The van der Waals surface area contributed by atoms with Gasteiger partial charge in [-0.1, -0.05) is 0 Å². The number of aromatic nitrogens is 1. The lowest BCUT2D eigenvalue weighted by Crippen LogP contribution is -2.36. The minimum atomic E-state index is -2.63. The van der Waals surface area contributed by atoms with Crippen LogP contribution in [0.4, 0.5) is 17.6 Å². The van der Waals surface area contributed by atoms with Gasteiger partial charge in [0.1, 0.15) is 23.3 Å². The lowest BCUT2D eigenvalue weighted by atomic mass is 9.89. The molecule has 2 atom stereocenters. The highest BCUT2D eigenvalue weighted by Crippen LogP contribution is 2.37. The Morgan fingerprint density at radius 1 is 0.944 bits per heavy atom. The first-order valence-corrected chi connectivity index (χ1v) is 10.7. The Labute approximate surface area is 204 Å². The molecule has 0 aliphatic carbocycles. The van der Waals surface area contributed by atoms with E-state index in [1.165, 1.54) is 51.2 Å². The molecule has 6 nitrogen and oxygen atoms in total. The summed E-state index contributed by atoms with van der Waals surface area (Å²) in [6.45, 7) is 4.50. The Balaban J connectivity index is 2.06. The number of Topliss-reactive ketones (excluding diaryl/α,β-unsaturated/α-hetero) is 1. The third kappa shape index (κ3) is 5.99. The van der Waals surface area contributed by atoms with Gasteiger partial charge in [0.15, 0.2) is 23.3 Å². The summed E-state index contributed by atoms with van der Waals surface area (Å²) in [6, 6.07) is 9.20. The summed E-state index contributed by atoms with van der Waals surface area (Å²) in [5.74, 6) is -8.97. The van der Waals surface area contributed by atoms with E-state index >= 15 is 4.39 Å². The monoisotopic (exact) mass is 505 g/mol. The fourth-order valence-electron chi connectivity index (χ4n) is 3.26. The number of carbonyl (C=O) groups is 2. The van der Waals surface area contributed by atoms with Crippen LogP contribution >= 0.6 is 0 Å². The third-order valence-electron chi connectivity index (χ3n) is 4.89. The molecule has 10 heteroatoms. The van der Waals surface area contributed by atoms with E-state index in [0.29, 0.717) is 0 Å². The molecule has 0 bridgehead atoms. The van der Waals surface area contributed by atoms with E-state index in [9.17, 15) is 22.8 Å². The van der Waals surface area contributed by atoms with Crippen molar-refractivity contribution >= 4 is 11.8 Å². The summed E-state index contributed by atoms with van der Waals surface area (Å²) in [4.78, 5) is 30.5. The number of carbonyl (C=O) groups excluding carboxylic acids is 2. The Kier molecular flexibility index (Phi) is 7.96. The molecule has 36 heavy (non-hydrogen) atoms. The first-order valence-electron chi connectivity index (χ1n) is 10.7. The quantitative estimate of drug-likeness (QED) is 0.158. The molecule has 0 saturated carbocycles. The molecule has 1 heterocycles. The summed E-state index contributed by atoms with van der Waals surface area (Å²) in [7, 11) is 1.10. The van der Waals surface area contributed by atoms with Crippen LogP contribution in [0.2, 0.25) is 0 Å². The SMILES string of the molecule is COc1ccc(C(F)C(C(=O)OC(C)(C)C)C(=O)c2cccnc2Oc2ccc(F)cc2)c(F)c1F. The van der Waals surface area contributed by atoms with Crippen LogP contribution in [0.1, 0.15) is 42.9 Å². The van der Waals surface area contributed by atoms with Crippen molar-refractivity contribution in [3.8, 4) is 17.4 Å². The predicted molar refractivity (Wildman–Crippen MR) is 121 cm³/mol.